The average molecular weight is 376 g/mol. The molecule has 0 heterocycles. The molecule has 0 unspecified atom stereocenters. The predicted octanol–water partition coefficient (Wildman–Crippen LogP) is 4.15. The predicted molar refractivity (Wildman–Crippen MR) is 88.8 cm³/mol. The minimum atomic E-state index is -0.780. The Morgan fingerprint density at radius 2 is 1.74 bits per heavy atom. The van der Waals surface area contributed by atoms with Crippen LogP contribution in [0.15, 0.2) is 36.4 Å². The van der Waals surface area contributed by atoms with Crippen LogP contribution in [0.3, 0.4) is 0 Å². The molecule has 2 N–H and O–H groups in total. The molecule has 2 rings (SSSR count). The molecular formula is C15H10Cl3FN2O2. The van der Waals surface area contributed by atoms with Gasteiger partial charge in [-0.1, -0.05) is 40.9 Å². The molecule has 0 spiro atoms. The van der Waals surface area contributed by atoms with Crippen molar-refractivity contribution in [1.29, 1.82) is 0 Å². The number of hydrogen-bond acceptors (Lipinski definition) is 2. The summed E-state index contributed by atoms with van der Waals surface area (Å²) in [6.07, 6.45) is 0. The van der Waals surface area contributed by atoms with Crippen molar-refractivity contribution in [3.63, 3.8) is 0 Å². The third-order valence-electron chi connectivity index (χ3n) is 2.80. The van der Waals surface area contributed by atoms with Gasteiger partial charge in [0.2, 0.25) is 5.91 Å². The molecule has 120 valence electrons. The Morgan fingerprint density at radius 1 is 1.00 bits per heavy atom. The zero-order chi connectivity index (χ0) is 17.0. The smallest absolute Gasteiger partial charge is 0.256 e. The summed E-state index contributed by atoms with van der Waals surface area (Å²) in [5.41, 5.74) is 0.110. The van der Waals surface area contributed by atoms with Gasteiger partial charge < -0.3 is 10.6 Å². The van der Waals surface area contributed by atoms with Crippen LogP contribution in [0.2, 0.25) is 15.1 Å². The molecule has 0 radical (unpaired) electrons. The maximum absolute atomic E-state index is 13.6. The first-order valence-corrected chi connectivity index (χ1v) is 7.49. The van der Waals surface area contributed by atoms with E-state index in [1.807, 2.05) is 0 Å². The molecule has 8 heteroatoms. The number of anilines is 1. The Bertz CT molecular complexity index is 748. The van der Waals surface area contributed by atoms with Gasteiger partial charge >= 0.3 is 0 Å². The van der Waals surface area contributed by atoms with E-state index in [1.165, 1.54) is 24.3 Å². The lowest BCUT2D eigenvalue weighted by Gasteiger charge is -2.09. The third kappa shape index (κ3) is 4.58. The number of benzene rings is 2. The monoisotopic (exact) mass is 374 g/mol. The van der Waals surface area contributed by atoms with E-state index in [0.717, 1.165) is 6.07 Å². The molecule has 2 aromatic rings. The molecule has 2 aromatic carbocycles. The van der Waals surface area contributed by atoms with Gasteiger partial charge in [-0.15, -0.1) is 0 Å². The maximum Gasteiger partial charge on any atom is 0.256 e. The van der Waals surface area contributed by atoms with Crippen LogP contribution < -0.4 is 10.6 Å². The summed E-state index contributed by atoms with van der Waals surface area (Å²) in [5, 5.41) is 5.42. The van der Waals surface area contributed by atoms with Gasteiger partial charge in [-0.25, -0.2) is 4.39 Å². The van der Waals surface area contributed by atoms with E-state index in [1.54, 1.807) is 6.07 Å². The minimum absolute atomic E-state index is 0.0348. The Labute approximate surface area is 146 Å². The summed E-state index contributed by atoms with van der Waals surface area (Å²) >= 11 is 17.4. The standard InChI is InChI=1S/C15H10Cl3FN2O2/c16-9-5-4-8(6-11(9)18)21-13(22)7-20-15(23)14-10(17)2-1-3-12(14)19/h1-6H,7H2,(H,20,23)(H,21,22). The lowest BCUT2D eigenvalue weighted by atomic mass is 10.2. The van der Waals surface area contributed by atoms with Crippen LogP contribution in [0.5, 0.6) is 0 Å². The Balaban J connectivity index is 1.96. The normalized spacial score (nSPS) is 10.3. The molecule has 4 nitrogen and oxygen atoms in total. The van der Waals surface area contributed by atoms with Crippen molar-refractivity contribution in [1.82, 2.24) is 5.32 Å². The third-order valence-corrected chi connectivity index (χ3v) is 3.86. The molecule has 0 fully saturated rings. The van der Waals surface area contributed by atoms with E-state index in [0.29, 0.717) is 10.7 Å². The maximum atomic E-state index is 13.6. The lowest BCUT2D eigenvalue weighted by molar-refractivity contribution is -0.115. The number of hydrogen-bond donors (Lipinski definition) is 2. The highest BCUT2D eigenvalue weighted by Gasteiger charge is 2.16. The largest absolute Gasteiger partial charge is 0.343 e. The van der Waals surface area contributed by atoms with E-state index >= 15 is 0 Å². The fraction of sp³-hybridized carbons (Fsp3) is 0.0667. The van der Waals surface area contributed by atoms with Crippen molar-refractivity contribution in [3.05, 3.63) is 62.8 Å². The number of nitrogens with one attached hydrogen (secondary N) is 2. The van der Waals surface area contributed by atoms with E-state index in [2.05, 4.69) is 10.6 Å². The molecule has 0 bridgehead atoms. The number of carbonyl (C=O) groups is 2. The van der Waals surface area contributed by atoms with Gasteiger partial charge in [-0.05, 0) is 30.3 Å². The molecule has 23 heavy (non-hydrogen) atoms. The van der Waals surface area contributed by atoms with Crippen LogP contribution in [0.4, 0.5) is 10.1 Å². The van der Waals surface area contributed by atoms with Crippen LogP contribution in [0.1, 0.15) is 10.4 Å². The van der Waals surface area contributed by atoms with Gasteiger partial charge in [-0.2, -0.15) is 0 Å². The SMILES string of the molecule is O=C(CNC(=O)c1c(F)cccc1Cl)Nc1ccc(Cl)c(Cl)c1. The first-order chi connectivity index (χ1) is 10.9. The van der Waals surface area contributed by atoms with Crippen LogP contribution in [-0.4, -0.2) is 18.4 Å². The van der Waals surface area contributed by atoms with Crippen molar-refractivity contribution in [2.75, 3.05) is 11.9 Å². The van der Waals surface area contributed by atoms with Crippen molar-refractivity contribution >= 4 is 52.3 Å². The van der Waals surface area contributed by atoms with Gasteiger partial charge in [-0.3, -0.25) is 9.59 Å². The molecular weight excluding hydrogens is 366 g/mol. The van der Waals surface area contributed by atoms with Gasteiger partial charge in [0.25, 0.3) is 5.91 Å². The number of rotatable bonds is 4. The lowest BCUT2D eigenvalue weighted by Crippen LogP contribution is -2.33. The summed E-state index contributed by atoms with van der Waals surface area (Å²) in [7, 11) is 0. The summed E-state index contributed by atoms with van der Waals surface area (Å²) < 4.78 is 13.6. The fourth-order valence-corrected chi connectivity index (χ4v) is 2.29. The van der Waals surface area contributed by atoms with Crippen LogP contribution in [0, 0.1) is 5.82 Å². The average Bonchev–Trinajstić information content (AvgIpc) is 2.49. The van der Waals surface area contributed by atoms with E-state index in [-0.39, 0.29) is 22.2 Å². The van der Waals surface area contributed by atoms with Gasteiger partial charge in [0.15, 0.2) is 0 Å². The Hall–Kier alpha value is -1.82. The molecule has 0 aliphatic rings. The van der Waals surface area contributed by atoms with E-state index < -0.39 is 17.6 Å². The second kappa shape index (κ2) is 7.64. The van der Waals surface area contributed by atoms with Crippen molar-refractivity contribution in [3.8, 4) is 0 Å². The van der Waals surface area contributed by atoms with Crippen molar-refractivity contribution in [2.45, 2.75) is 0 Å². The summed E-state index contributed by atoms with van der Waals surface area (Å²) in [4.78, 5) is 23.7. The molecule has 0 saturated heterocycles. The first kappa shape index (κ1) is 17.5. The highest BCUT2D eigenvalue weighted by Crippen LogP contribution is 2.25. The zero-order valence-corrected chi connectivity index (χ0v) is 13.8. The number of halogens is 4. The second-order valence-electron chi connectivity index (χ2n) is 4.46. The Morgan fingerprint density at radius 3 is 2.39 bits per heavy atom. The minimum Gasteiger partial charge on any atom is -0.343 e. The molecule has 2 amide bonds. The first-order valence-electron chi connectivity index (χ1n) is 6.35. The summed E-state index contributed by atoms with van der Waals surface area (Å²) in [5.74, 6) is -2.05. The highest BCUT2D eigenvalue weighted by atomic mass is 35.5. The molecule has 0 aliphatic heterocycles. The van der Waals surface area contributed by atoms with Crippen LogP contribution in [0.25, 0.3) is 0 Å². The topological polar surface area (TPSA) is 58.2 Å². The van der Waals surface area contributed by atoms with Crippen molar-refractivity contribution < 1.29 is 14.0 Å². The van der Waals surface area contributed by atoms with Crippen LogP contribution in [-0.2, 0) is 4.79 Å². The molecule has 0 aliphatic carbocycles. The van der Waals surface area contributed by atoms with E-state index in [9.17, 15) is 14.0 Å². The summed E-state index contributed by atoms with van der Waals surface area (Å²) in [6, 6.07) is 8.42. The number of carbonyl (C=O) groups excluding carboxylic acids is 2. The Kier molecular flexibility index (Phi) is 5.82. The molecule has 0 aromatic heterocycles. The quantitative estimate of drug-likeness (QED) is 0.843. The second-order valence-corrected chi connectivity index (χ2v) is 5.68. The zero-order valence-electron chi connectivity index (χ0n) is 11.5. The van der Waals surface area contributed by atoms with E-state index in [4.69, 9.17) is 34.8 Å². The summed E-state index contributed by atoms with van der Waals surface area (Å²) in [6.45, 7) is -0.357. The molecule has 0 atom stereocenters. The van der Waals surface area contributed by atoms with Crippen LogP contribution >= 0.6 is 34.8 Å². The van der Waals surface area contributed by atoms with Gasteiger partial charge in [0, 0.05) is 5.69 Å². The van der Waals surface area contributed by atoms with Gasteiger partial charge in [0.05, 0.1) is 27.2 Å². The van der Waals surface area contributed by atoms with Gasteiger partial charge in [0.1, 0.15) is 5.82 Å². The number of amides is 2. The fourth-order valence-electron chi connectivity index (χ4n) is 1.74. The molecule has 0 saturated carbocycles. The highest BCUT2D eigenvalue weighted by molar-refractivity contribution is 6.42. The van der Waals surface area contributed by atoms with Crippen molar-refractivity contribution in [2.24, 2.45) is 0 Å².